The van der Waals surface area contributed by atoms with Gasteiger partial charge in [0, 0.05) is 18.1 Å². The maximum atomic E-state index is 11.3. The van der Waals surface area contributed by atoms with Gasteiger partial charge in [0.1, 0.15) is 17.2 Å². The highest BCUT2D eigenvalue weighted by Crippen LogP contribution is 2.49. The SMILES string of the molecule is CCC(c1cccc(O)c1)C(O)(O)c1c(O)cc(O)cc1NP(=O)(O)O. The van der Waals surface area contributed by atoms with Gasteiger partial charge in [-0.15, -0.1) is 0 Å². The summed E-state index contributed by atoms with van der Waals surface area (Å²) in [6, 6.07) is 7.40. The van der Waals surface area contributed by atoms with Crippen molar-refractivity contribution in [1.29, 1.82) is 0 Å². The van der Waals surface area contributed by atoms with E-state index in [0.717, 1.165) is 12.1 Å². The first-order valence-electron chi connectivity index (χ1n) is 7.59. The molecule has 1 unspecified atom stereocenters. The van der Waals surface area contributed by atoms with Crippen molar-refractivity contribution < 1.29 is 39.9 Å². The zero-order chi connectivity index (χ0) is 19.7. The number of rotatable bonds is 6. The fraction of sp³-hybridized carbons (Fsp3) is 0.250. The Morgan fingerprint density at radius 1 is 1.08 bits per heavy atom. The van der Waals surface area contributed by atoms with Gasteiger partial charge < -0.3 is 35.3 Å². The highest BCUT2D eigenvalue weighted by atomic mass is 31.2. The van der Waals surface area contributed by atoms with Gasteiger partial charge in [0.2, 0.25) is 5.79 Å². The van der Waals surface area contributed by atoms with Gasteiger partial charge in [-0.1, -0.05) is 19.1 Å². The van der Waals surface area contributed by atoms with Crippen LogP contribution in [0.3, 0.4) is 0 Å². The molecule has 1 atom stereocenters. The molecule has 142 valence electrons. The van der Waals surface area contributed by atoms with Crippen LogP contribution in [0.5, 0.6) is 17.2 Å². The second kappa shape index (κ2) is 7.14. The van der Waals surface area contributed by atoms with Crippen molar-refractivity contribution in [1.82, 2.24) is 0 Å². The molecule has 0 heterocycles. The summed E-state index contributed by atoms with van der Waals surface area (Å²) in [5.41, 5.74) is -0.833. The maximum absolute atomic E-state index is 11.3. The average molecular weight is 385 g/mol. The van der Waals surface area contributed by atoms with E-state index in [4.69, 9.17) is 9.79 Å². The molecule has 0 aliphatic heterocycles. The predicted octanol–water partition coefficient (Wildman–Crippen LogP) is 1.64. The minimum absolute atomic E-state index is 0.111. The van der Waals surface area contributed by atoms with Crippen LogP contribution < -0.4 is 5.09 Å². The van der Waals surface area contributed by atoms with Crippen LogP contribution in [0.4, 0.5) is 5.69 Å². The fourth-order valence-electron chi connectivity index (χ4n) is 2.91. The molecule has 2 aromatic carbocycles. The van der Waals surface area contributed by atoms with Crippen molar-refractivity contribution in [3.63, 3.8) is 0 Å². The Bertz CT molecular complexity index is 848. The van der Waals surface area contributed by atoms with Crippen molar-refractivity contribution in [3.8, 4) is 17.2 Å². The zero-order valence-corrected chi connectivity index (χ0v) is 14.6. The van der Waals surface area contributed by atoms with E-state index < -0.39 is 42.2 Å². The molecule has 2 rings (SSSR count). The van der Waals surface area contributed by atoms with Crippen LogP contribution in [-0.4, -0.2) is 35.3 Å². The molecule has 0 saturated carbocycles. The van der Waals surface area contributed by atoms with Crippen LogP contribution in [0.25, 0.3) is 0 Å². The Kier molecular flexibility index (Phi) is 5.50. The number of nitrogens with one attached hydrogen (secondary N) is 1. The lowest BCUT2D eigenvalue weighted by Crippen LogP contribution is -2.34. The Hall–Kier alpha value is -2.29. The zero-order valence-electron chi connectivity index (χ0n) is 13.7. The van der Waals surface area contributed by atoms with Crippen LogP contribution in [0.2, 0.25) is 0 Å². The number of phenols is 3. The monoisotopic (exact) mass is 385 g/mol. The van der Waals surface area contributed by atoms with E-state index in [9.17, 15) is 30.1 Å². The molecule has 0 fully saturated rings. The van der Waals surface area contributed by atoms with Crippen molar-refractivity contribution in [2.24, 2.45) is 0 Å². The smallest absolute Gasteiger partial charge is 0.427 e. The number of phenolic OH excluding ortho intramolecular Hbond substituents is 3. The van der Waals surface area contributed by atoms with Crippen molar-refractivity contribution in [2.45, 2.75) is 25.0 Å². The van der Waals surface area contributed by atoms with Crippen molar-refractivity contribution in [3.05, 3.63) is 47.5 Å². The summed E-state index contributed by atoms with van der Waals surface area (Å²) in [6.07, 6.45) is 0.145. The van der Waals surface area contributed by atoms with Crippen molar-refractivity contribution >= 4 is 13.4 Å². The molecular formula is C16H20NO8P. The summed E-state index contributed by atoms with van der Waals surface area (Å²) in [6.45, 7) is 1.63. The standard InChI is InChI=1S/C16H20NO8P/c1-2-12(9-4-3-5-10(18)6-9)16(21,22)15-13(17-26(23,24)25)7-11(19)8-14(15)20/h3-8,12,18-22H,2H2,1H3,(H3,17,23,24,25). The van der Waals surface area contributed by atoms with Gasteiger partial charge in [-0.05, 0) is 24.1 Å². The number of hydrogen-bond donors (Lipinski definition) is 8. The van der Waals surface area contributed by atoms with E-state index in [1.807, 2.05) is 0 Å². The molecule has 0 bridgehead atoms. The molecule has 0 aromatic heterocycles. The molecular weight excluding hydrogens is 365 g/mol. The predicted molar refractivity (Wildman–Crippen MR) is 92.7 cm³/mol. The van der Waals surface area contributed by atoms with E-state index in [0.29, 0.717) is 5.56 Å². The molecule has 0 aliphatic rings. The molecule has 0 saturated heterocycles. The van der Waals surface area contributed by atoms with E-state index in [1.165, 1.54) is 24.3 Å². The highest BCUT2D eigenvalue weighted by Gasteiger charge is 2.41. The third kappa shape index (κ3) is 4.27. The second-order valence-corrected chi connectivity index (χ2v) is 7.14. The summed E-state index contributed by atoms with van der Waals surface area (Å²) in [7, 11) is -4.88. The summed E-state index contributed by atoms with van der Waals surface area (Å²) in [5, 5.41) is 52.7. The van der Waals surface area contributed by atoms with Crippen molar-refractivity contribution in [2.75, 3.05) is 5.09 Å². The summed E-state index contributed by atoms with van der Waals surface area (Å²) in [5.74, 6) is -5.27. The normalized spacial score (nSPS) is 13.4. The molecule has 26 heavy (non-hydrogen) atoms. The average Bonchev–Trinajstić information content (AvgIpc) is 2.44. The lowest BCUT2D eigenvalue weighted by Gasteiger charge is -2.33. The largest absolute Gasteiger partial charge is 0.508 e. The molecule has 10 heteroatoms. The number of benzene rings is 2. The first kappa shape index (κ1) is 20.0. The van der Waals surface area contributed by atoms with Crippen LogP contribution in [-0.2, 0) is 10.4 Å². The highest BCUT2D eigenvalue weighted by molar-refractivity contribution is 7.53. The minimum Gasteiger partial charge on any atom is -0.508 e. The number of aromatic hydroxyl groups is 3. The van der Waals surface area contributed by atoms with Gasteiger partial charge in [-0.3, -0.25) is 5.09 Å². The molecule has 2 aromatic rings. The minimum atomic E-state index is -4.88. The number of aliphatic hydroxyl groups is 2. The van der Waals surface area contributed by atoms with Crippen LogP contribution in [0, 0.1) is 0 Å². The lowest BCUT2D eigenvalue weighted by atomic mass is 9.83. The van der Waals surface area contributed by atoms with E-state index in [1.54, 1.807) is 12.0 Å². The van der Waals surface area contributed by atoms with Gasteiger partial charge in [0.15, 0.2) is 0 Å². The van der Waals surface area contributed by atoms with Gasteiger partial charge in [0.25, 0.3) is 0 Å². The number of hydrogen-bond acceptors (Lipinski definition) is 6. The first-order chi connectivity index (χ1) is 12.0. The third-order valence-corrected chi connectivity index (χ3v) is 4.44. The third-order valence-electron chi connectivity index (χ3n) is 3.90. The maximum Gasteiger partial charge on any atom is 0.427 e. The lowest BCUT2D eigenvalue weighted by molar-refractivity contribution is -0.189. The molecule has 0 aliphatic carbocycles. The second-order valence-electron chi connectivity index (χ2n) is 5.83. The van der Waals surface area contributed by atoms with Gasteiger partial charge >= 0.3 is 7.75 Å². The van der Waals surface area contributed by atoms with Gasteiger partial charge in [-0.2, -0.15) is 0 Å². The summed E-state index contributed by atoms with van der Waals surface area (Å²) >= 11 is 0. The van der Waals surface area contributed by atoms with E-state index in [-0.39, 0.29) is 12.2 Å². The Morgan fingerprint density at radius 3 is 2.27 bits per heavy atom. The molecule has 9 nitrogen and oxygen atoms in total. The van der Waals surface area contributed by atoms with Crippen LogP contribution in [0.1, 0.15) is 30.4 Å². The van der Waals surface area contributed by atoms with Gasteiger partial charge in [0.05, 0.1) is 11.3 Å². The molecule has 0 amide bonds. The quantitative estimate of drug-likeness (QED) is 0.272. The number of anilines is 1. The summed E-state index contributed by atoms with van der Waals surface area (Å²) in [4.78, 5) is 18.3. The topological polar surface area (TPSA) is 171 Å². The molecule has 0 radical (unpaired) electrons. The molecule has 8 N–H and O–H groups in total. The van der Waals surface area contributed by atoms with E-state index in [2.05, 4.69) is 0 Å². The Labute approximate surface area is 149 Å². The Balaban J connectivity index is 2.65. The molecule has 0 spiro atoms. The van der Waals surface area contributed by atoms with Crippen LogP contribution in [0.15, 0.2) is 36.4 Å². The fourth-order valence-corrected chi connectivity index (χ4v) is 3.40. The van der Waals surface area contributed by atoms with Gasteiger partial charge in [-0.25, -0.2) is 4.57 Å². The van der Waals surface area contributed by atoms with Crippen LogP contribution >= 0.6 is 7.75 Å². The first-order valence-corrected chi connectivity index (χ1v) is 9.21. The van der Waals surface area contributed by atoms with E-state index >= 15 is 0 Å². The summed E-state index contributed by atoms with van der Waals surface area (Å²) < 4.78 is 11.3. The Morgan fingerprint density at radius 2 is 1.73 bits per heavy atom.